The number of hydrogen-bond donors (Lipinski definition) is 1. The highest BCUT2D eigenvalue weighted by atomic mass is 32.2. The Labute approximate surface area is 84.7 Å². The summed E-state index contributed by atoms with van der Waals surface area (Å²) in [7, 11) is -1.78. The Bertz CT molecular complexity index is 277. The standard InChI is InChI=1S/C8H17NO4S/c1-7-8(3-5-13-7)9(2)14(11,12)6-4-10/h7-8,10H,3-6H2,1-2H3. The maximum absolute atomic E-state index is 11.6. The first-order valence-electron chi connectivity index (χ1n) is 4.67. The largest absolute Gasteiger partial charge is 0.395 e. The smallest absolute Gasteiger partial charge is 0.216 e. The predicted molar refractivity (Wildman–Crippen MR) is 52.5 cm³/mol. The summed E-state index contributed by atoms with van der Waals surface area (Å²) < 4.78 is 29.8. The van der Waals surface area contributed by atoms with Crippen molar-refractivity contribution in [2.24, 2.45) is 0 Å². The molecule has 2 unspecified atom stereocenters. The molecule has 0 spiro atoms. The molecule has 0 saturated carbocycles. The van der Waals surface area contributed by atoms with Gasteiger partial charge in [0.1, 0.15) is 0 Å². The number of aliphatic hydroxyl groups excluding tert-OH is 1. The van der Waals surface area contributed by atoms with Crippen molar-refractivity contribution in [1.82, 2.24) is 4.31 Å². The Hall–Kier alpha value is -0.170. The lowest BCUT2D eigenvalue weighted by Gasteiger charge is -2.25. The first-order valence-corrected chi connectivity index (χ1v) is 6.28. The van der Waals surface area contributed by atoms with Gasteiger partial charge in [-0.2, -0.15) is 4.31 Å². The average Bonchev–Trinajstić information content (AvgIpc) is 2.50. The van der Waals surface area contributed by atoms with Crippen LogP contribution in [0.1, 0.15) is 13.3 Å². The fourth-order valence-electron chi connectivity index (χ4n) is 1.66. The van der Waals surface area contributed by atoms with E-state index in [0.717, 1.165) is 6.42 Å². The molecule has 1 aliphatic rings. The first-order chi connectivity index (χ1) is 6.49. The molecule has 1 rings (SSSR count). The number of hydrogen-bond acceptors (Lipinski definition) is 4. The Balaban J connectivity index is 2.68. The number of ether oxygens (including phenoxy) is 1. The molecule has 0 aliphatic carbocycles. The van der Waals surface area contributed by atoms with E-state index >= 15 is 0 Å². The van der Waals surface area contributed by atoms with E-state index < -0.39 is 10.0 Å². The van der Waals surface area contributed by atoms with Gasteiger partial charge in [0.25, 0.3) is 0 Å². The molecule has 1 fully saturated rings. The van der Waals surface area contributed by atoms with E-state index in [1.165, 1.54) is 4.31 Å². The van der Waals surface area contributed by atoms with Crippen LogP contribution in [-0.2, 0) is 14.8 Å². The molecule has 6 heteroatoms. The van der Waals surface area contributed by atoms with Crippen LogP contribution in [0.25, 0.3) is 0 Å². The number of likely N-dealkylation sites (N-methyl/N-ethyl adjacent to an activating group) is 1. The summed E-state index contributed by atoms with van der Waals surface area (Å²) in [5.41, 5.74) is 0. The van der Waals surface area contributed by atoms with Crippen molar-refractivity contribution in [3.63, 3.8) is 0 Å². The molecule has 0 radical (unpaired) electrons. The third-order valence-electron chi connectivity index (χ3n) is 2.59. The average molecular weight is 223 g/mol. The van der Waals surface area contributed by atoms with Crippen LogP contribution in [0.3, 0.4) is 0 Å². The van der Waals surface area contributed by atoms with Gasteiger partial charge in [0, 0.05) is 13.7 Å². The fraction of sp³-hybridized carbons (Fsp3) is 1.00. The van der Waals surface area contributed by atoms with Gasteiger partial charge in [-0.1, -0.05) is 0 Å². The molecule has 0 aromatic rings. The lowest BCUT2D eigenvalue weighted by Crippen LogP contribution is -2.42. The van der Waals surface area contributed by atoms with Crippen LogP contribution in [0.15, 0.2) is 0 Å². The van der Waals surface area contributed by atoms with Crippen molar-refractivity contribution in [2.45, 2.75) is 25.5 Å². The molecule has 1 saturated heterocycles. The second-order valence-corrected chi connectivity index (χ2v) is 5.64. The van der Waals surface area contributed by atoms with Crippen LogP contribution in [0.5, 0.6) is 0 Å². The van der Waals surface area contributed by atoms with Gasteiger partial charge < -0.3 is 9.84 Å². The van der Waals surface area contributed by atoms with E-state index in [2.05, 4.69) is 0 Å². The monoisotopic (exact) mass is 223 g/mol. The van der Waals surface area contributed by atoms with Crippen LogP contribution < -0.4 is 0 Å². The van der Waals surface area contributed by atoms with Crippen molar-refractivity contribution < 1.29 is 18.3 Å². The molecule has 14 heavy (non-hydrogen) atoms. The molecule has 2 atom stereocenters. The number of nitrogens with zero attached hydrogens (tertiary/aromatic N) is 1. The molecule has 0 aromatic carbocycles. The van der Waals surface area contributed by atoms with Gasteiger partial charge in [0.15, 0.2) is 0 Å². The third-order valence-corrected chi connectivity index (χ3v) is 4.44. The molecule has 1 heterocycles. The molecule has 0 aromatic heterocycles. The molecular weight excluding hydrogens is 206 g/mol. The highest BCUT2D eigenvalue weighted by molar-refractivity contribution is 7.89. The Morgan fingerprint density at radius 2 is 2.21 bits per heavy atom. The summed E-state index contributed by atoms with van der Waals surface area (Å²) in [6, 6.07) is -0.0912. The molecule has 0 bridgehead atoms. The highest BCUT2D eigenvalue weighted by Gasteiger charge is 2.33. The quantitative estimate of drug-likeness (QED) is 0.692. The van der Waals surface area contributed by atoms with E-state index in [4.69, 9.17) is 9.84 Å². The topological polar surface area (TPSA) is 66.8 Å². The highest BCUT2D eigenvalue weighted by Crippen LogP contribution is 2.20. The van der Waals surface area contributed by atoms with Crippen LogP contribution >= 0.6 is 0 Å². The molecule has 1 N–H and O–H groups in total. The summed E-state index contributed by atoms with van der Waals surface area (Å²) in [4.78, 5) is 0. The molecular formula is C8H17NO4S. The van der Waals surface area contributed by atoms with Gasteiger partial charge in [-0.3, -0.25) is 0 Å². The first kappa shape index (κ1) is 11.9. The maximum Gasteiger partial charge on any atom is 0.216 e. The van der Waals surface area contributed by atoms with Gasteiger partial charge in [0.05, 0.1) is 24.5 Å². The van der Waals surface area contributed by atoms with Gasteiger partial charge >= 0.3 is 0 Å². The third kappa shape index (κ3) is 2.44. The van der Waals surface area contributed by atoms with Crippen LogP contribution in [-0.4, -0.2) is 56.0 Å². The minimum Gasteiger partial charge on any atom is -0.395 e. The summed E-state index contributed by atoms with van der Waals surface area (Å²) in [5, 5.41) is 8.62. The number of rotatable bonds is 4. The molecule has 0 amide bonds. The summed E-state index contributed by atoms with van der Waals surface area (Å²) in [6.07, 6.45) is 0.663. The SMILES string of the molecule is CC1OCCC1N(C)S(=O)(=O)CCO. The van der Waals surface area contributed by atoms with Crippen LogP contribution in [0.4, 0.5) is 0 Å². The zero-order valence-corrected chi connectivity index (χ0v) is 9.33. The maximum atomic E-state index is 11.6. The van der Waals surface area contributed by atoms with Gasteiger partial charge in [-0.05, 0) is 13.3 Å². The van der Waals surface area contributed by atoms with Crippen molar-refractivity contribution in [3.8, 4) is 0 Å². The van der Waals surface area contributed by atoms with Crippen molar-refractivity contribution in [1.29, 1.82) is 0 Å². The van der Waals surface area contributed by atoms with Crippen LogP contribution in [0, 0.1) is 0 Å². The Morgan fingerprint density at radius 3 is 2.64 bits per heavy atom. The Kier molecular flexibility index (Phi) is 3.88. The fourth-order valence-corrected chi connectivity index (χ4v) is 2.87. The zero-order valence-electron chi connectivity index (χ0n) is 8.51. The minimum absolute atomic E-state index is 0.0616. The number of sulfonamides is 1. The normalized spacial score (nSPS) is 28.6. The second-order valence-electron chi connectivity index (χ2n) is 3.49. The van der Waals surface area contributed by atoms with E-state index in [1.54, 1.807) is 7.05 Å². The lowest BCUT2D eigenvalue weighted by atomic mass is 10.2. The van der Waals surface area contributed by atoms with E-state index in [0.29, 0.717) is 6.61 Å². The summed E-state index contributed by atoms with van der Waals surface area (Å²) in [6.45, 7) is 2.13. The minimum atomic E-state index is -3.32. The van der Waals surface area contributed by atoms with Crippen molar-refractivity contribution >= 4 is 10.0 Å². The molecule has 84 valence electrons. The van der Waals surface area contributed by atoms with E-state index in [1.807, 2.05) is 6.92 Å². The molecule has 1 aliphatic heterocycles. The van der Waals surface area contributed by atoms with Crippen molar-refractivity contribution in [2.75, 3.05) is 26.0 Å². The number of aliphatic hydroxyl groups is 1. The summed E-state index contributed by atoms with van der Waals surface area (Å²) >= 11 is 0. The zero-order chi connectivity index (χ0) is 10.8. The predicted octanol–water partition coefficient (Wildman–Crippen LogP) is -0.582. The molecule has 5 nitrogen and oxygen atoms in total. The summed E-state index contributed by atoms with van der Waals surface area (Å²) in [5.74, 6) is -0.216. The Morgan fingerprint density at radius 1 is 1.57 bits per heavy atom. The van der Waals surface area contributed by atoms with E-state index in [-0.39, 0.29) is 24.5 Å². The second kappa shape index (κ2) is 4.57. The lowest BCUT2D eigenvalue weighted by molar-refractivity contribution is 0.102. The van der Waals surface area contributed by atoms with Gasteiger partial charge in [0.2, 0.25) is 10.0 Å². The van der Waals surface area contributed by atoms with Gasteiger partial charge in [-0.15, -0.1) is 0 Å². The van der Waals surface area contributed by atoms with Crippen LogP contribution in [0.2, 0.25) is 0 Å². The van der Waals surface area contributed by atoms with Crippen molar-refractivity contribution in [3.05, 3.63) is 0 Å². The van der Waals surface area contributed by atoms with E-state index in [9.17, 15) is 8.42 Å². The van der Waals surface area contributed by atoms with Gasteiger partial charge in [-0.25, -0.2) is 8.42 Å².